The molecule has 0 saturated carbocycles. The fourth-order valence-corrected chi connectivity index (χ4v) is 1.64. The zero-order valence-corrected chi connectivity index (χ0v) is 11.0. The third-order valence-electron chi connectivity index (χ3n) is 2.61. The lowest BCUT2D eigenvalue weighted by molar-refractivity contribution is -0.385. The van der Waals surface area contributed by atoms with Crippen LogP contribution in [0.1, 0.15) is 5.56 Å². The quantitative estimate of drug-likeness (QED) is 0.647. The minimum atomic E-state index is -0.435. The molecule has 3 N–H and O–H groups in total. The highest BCUT2D eigenvalue weighted by molar-refractivity contribution is 5.62. The summed E-state index contributed by atoms with van der Waals surface area (Å²) in [6.45, 7) is 1.67. The lowest BCUT2D eigenvalue weighted by Crippen LogP contribution is -2.02. The van der Waals surface area contributed by atoms with E-state index in [4.69, 9.17) is 10.5 Å². The van der Waals surface area contributed by atoms with Crippen molar-refractivity contribution in [2.24, 2.45) is 0 Å². The summed E-state index contributed by atoms with van der Waals surface area (Å²) < 4.78 is 4.98. The molecule has 8 heteroatoms. The standard InChI is InChI=1S/C12H13N5O3/c1-7-3-4-8(5-9(7)17(18)19)14-10-6-11(20-2)16-12(13)15-10/h3-6H,1-2H3,(H3,13,14,15,16). The van der Waals surface area contributed by atoms with E-state index in [1.54, 1.807) is 25.1 Å². The van der Waals surface area contributed by atoms with Crippen LogP contribution in [0.3, 0.4) is 0 Å². The van der Waals surface area contributed by atoms with Crippen molar-refractivity contribution in [1.82, 2.24) is 9.97 Å². The van der Waals surface area contributed by atoms with Gasteiger partial charge in [-0.15, -0.1) is 0 Å². The molecule has 104 valence electrons. The Bertz CT molecular complexity index is 660. The zero-order valence-electron chi connectivity index (χ0n) is 11.0. The molecule has 0 saturated heterocycles. The van der Waals surface area contributed by atoms with Crippen molar-refractivity contribution >= 4 is 23.1 Å². The lowest BCUT2D eigenvalue weighted by atomic mass is 10.2. The molecule has 2 rings (SSSR count). The van der Waals surface area contributed by atoms with Crippen molar-refractivity contribution in [3.8, 4) is 5.88 Å². The van der Waals surface area contributed by atoms with Gasteiger partial charge in [-0.3, -0.25) is 10.1 Å². The van der Waals surface area contributed by atoms with Crippen LogP contribution in [0.4, 0.5) is 23.1 Å². The highest BCUT2D eigenvalue weighted by Crippen LogP contribution is 2.25. The number of nitrogens with two attached hydrogens (primary N) is 1. The van der Waals surface area contributed by atoms with E-state index in [9.17, 15) is 10.1 Å². The van der Waals surface area contributed by atoms with Gasteiger partial charge in [0.15, 0.2) is 0 Å². The van der Waals surface area contributed by atoms with Gasteiger partial charge in [-0.25, -0.2) is 0 Å². The smallest absolute Gasteiger partial charge is 0.274 e. The molecule has 20 heavy (non-hydrogen) atoms. The number of nitrogens with one attached hydrogen (secondary N) is 1. The minimum absolute atomic E-state index is 0.0315. The number of nitro groups is 1. The fourth-order valence-electron chi connectivity index (χ4n) is 1.64. The minimum Gasteiger partial charge on any atom is -0.481 e. The number of methoxy groups -OCH3 is 1. The number of aryl methyl sites for hydroxylation is 1. The third kappa shape index (κ3) is 2.91. The predicted octanol–water partition coefficient (Wildman–Crippen LogP) is 2.03. The molecule has 1 heterocycles. The number of ether oxygens (including phenoxy) is 1. The molecule has 0 fully saturated rings. The first kappa shape index (κ1) is 13.5. The van der Waals surface area contributed by atoms with E-state index < -0.39 is 4.92 Å². The highest BCUT2D eigenvalue weighted by Gasteiger charge is 2.11. The second-order valence-corrected chi connectivity index (χ2v) is 4.04. The number of nitrogens with zero attached hydrogens (tertiary/aromatic N) is 3. The van der Waals surface area contributed by atoms with E-state index in [1.165, 1.54) is 13.2 Å². The van der Waals surface area contributed by atoms with Crippen LogP contribution in [0.15, 0.2) is 24.3 Å². The first-order valence-corrected chi connectivity index (χ1v) is 5.70. The van der Waals surface area contributed by atoms with Crippen molar-refractivity contribution in [3.63, 3.8) is 0 Å². The van der Waals surface area contributed by atoms with Crippen LogP contribution in [-0.4, -0.2) is 22.0 Å². The van der Waals surface area contributed by atoms with Crippen molar-refractivity contribution in [2.75, 3.05) is 18.2 Å². The van der Waals surface area contributed by atoms with Gasteiger partial charge in [-0.05, 0) is 13.0 Å². The van der Waals surface area contributed by atoms with Gasteiger partial charge < -0.3 is 15.8 Å². The van der Waals surface area contributed by atoms with E-state index in [2.05, 4.69) is 15.3 Å². The van der Waals surface area contributed by atoms with E-state index in [0.717, 1.165) is 0 Å². The van der Waals surface area contributed by atoms with Crippen LogP contribution >= 0.6 is 0 Å². The van der Waals surface area contributed by atoms with Crippen LogP contribution in [0, 0.1) is 17.0 Å². The molecule has 8 nitrogen and oxygen atoms in total. The Balaban J connectivity index is 2.32. The molecule has 1 aromatic heterocycles. The summed E-state index contributed by atoms with van der Waals surface area (Å²) in [4.78, 5) is 18.3. The predicted molar refractivity (Wildman–Crippen MR) is 74.1 cm³/mol. The monoisotopic (exact) mass is 275 g/mol. The number of anilines is 3. The molecule has 1 aromatic carbocycles. The first-order chi connectivity index (χ1) is 9.49. The summed E-state index contributed by atoms with van der Waals surface area (Å²) >= 11 is 0. The Hall–Kier alpha value is -2.90. The Morgan fingerprint density at radius 1 is 1.35 bits per heavy atom. The molecule has 0 amide bonds. The van der Waals surface area contributed by atoms with Crippen molar-refractivity contribution in [3.05, 3.63) is 39.9 Å². The molecule has 0 aliphatic rings. The second kappa shape index (κ2) is 5.39. The topological polar surface area (TPSA) is 116 Å². The Labute approximate surface area is 114 Å². The van der Waals surface area contributed by atoms with Gasteiger partial charge in [-0.2, -0.15) is 9.97 Å². The number of hydrogen-bond acceptors (Lipinski definition) is 7. The van der Waals surface area contributed by atoms with Crippen LogP contribution in [0.25, 0.3) is 0 Å². The summed E-state index contributed by atoms with van der Waals surface area (Å²) in [6.07, 6.45) is 0. The number of aromatic nitrogens is 2. The van der Waals surface area contributed by atoms with E-state index in [0.29, 0.717) is 22.9 Å². The normalized spacial score (nSPS) is 10.1. The summed E-state index contributed by atoms with van der Waals surface area (Å²) in [5.74, 6) is 0.752. The van der Waals surface area contributed by atoms with E-state index in [1.807, 2.05) is 0 Å². The van der Waals surface area contributed by atoms with Crippen molar-refractivity contribution in [2.45, 2.75) is 6.92 Å². The van der Waals surface area contributed by atoms with Gasteiger partial charge in [0.25, 0.3) is 5.69 Å². The molecule has 0 bridgehead atoms. The van der Waals surface area contributed by atoms with Crippen molar-refractivity contribution in [1.29, 1.82) is 0 Å². The Kier molecular flexibility index (Phi) is 3.65. The average molecular weight is 275 g/mol. The SMILES string of the molecule is COc1cc(Nc2ccc(C)c([N+](=O)[O-])c2)nc(N)n1. The average Bonchev–Trinajstić information content (AvgIpc) is 2.40. The number of nitrogen functional groups attached to an aromatic ring is 1. The molecule has 0 unspecified atom stereocenters. The summed E-state index contributed by atoms with van der Waals surface area (Å²) in [5, 5.41) is 13.8. The van der Waals surface area contributed by atoms with Crippen LogP contribution in [-0.2, 0) is 0 Å². The first-order valence-electron chi connectivity index (χ1n) is 5.70. The highest BCUT2D eigenvalue weighted by atomic mass is 16.6. The molecular formula is C12H13N5O3. The van der Waals surface area contributed by atoms with Crippen LogP contribution < -0.4 is 15.8 Å². The molecule has 0 aliphatic heterocycles. The van der Waals surface area contributed by atoms with Crippen molar-refractivity contribution < 1.29 is 9.66 Å². The Morgan fingerprint density at radius 2 is 2.10 bits per heavy atom. The lowest BCUT2D eigenvalue weighted by Gasteiger charge is -2.08. The number of rotatable bonds is 4. The van der Waals surface area contributed by atoms with Gasteiger partial charge >= 0.3 is 0 Å². The largest absolute Gasteiger partial charge is 0.481 e. The molecular weight excluding hydrogens is 262 g/mol. The summed E-state index contributed by atoms with van der Waals surface area (Å²) in [7, 11) is 1.46. The van der Waals surface area contributed by atoms with Gasteiger partial charge in [0.1, 0.15) is 5.82 Å². The molecule has 0 aliphatic carbocycles. The maximum absolute atomic E-state index is 10.9. The van der Waals surface area contributed by atoms with Gasteiger partial charge in [0.2, 0.25) is 11.8 Å². The maximum Gasteiger partial charge on any atom is 0.274 e. The summed E-state index contributed by atoms with van der Waals surface area (Å²) in [6, 6.07) is 6.34. The molecule has 0 spiro atoms. The van der Waals surface area contributed by atoms with Gasteiger partial charge in [0.05, 0.1) is 12.0 Å². The van der Waals surface area contributed by atoms with Crippen LogP contribution in [0.2, 0.25) is 0 Å². The number of nitro benzene ring substituents is 1. The Morgan fingerprint density at radius 3 is 2.75 bits per heavy atom. The molecule has 2 aromatic rings. The number of hydrogen-bond donors (Lipinski definition) is 2. The second-order valence-electron chi connectivity index (χ2n) is 4.04. The maximum atomic E-state index is 10.9. The summed E-state index contributed by atoms with van der Waals surface area (Å²) in [5.41, 5.74) is 6.69. The van der Waals surface area contributed by atoms with Gasteiger partial charge in [0, 0.05) is 23.4 Å². The molecule has 0 atom stereocenters. The fraction of sp³-hybridized carbons (Fsp3) is 0.167. The van der Waals surface area contributed by atoms with E-state index in [-0.39, 0.29) is 11.6 Å². The van der Waals surface area contributed by atoms with E-state index >= 15 is 0 Å². The van der Waals surface area contributed by atoms with Crippen LogP contribution in [0.5, 0.6) is 5.88 Å². The van der Waals surface area contributed by atoms with Gasteiger partial charge in [-0.1, -0.05) is 6.07 Å². The molecule has 0 radical (unpaired) electrons. The number of benzene rings is 1. The zero-order chi connectivity index (χ0) is 14.7. The third-order valence-corrected chi connectivity index (χ3v) is 2.61.